The molecule has 0 saturated carbocycles. The molecule has 0 amide bonds. The first-order valence-corrected chi connectivity index (χ1v) is 8.66. The number of nitrogens with zero attached hydrogens (tertiary/aromatic N) is 2. The van der Waals surface area contributed by atoms with Crippen molar-refractivity contribution in [3.63, 3.8) is 0 Å². The highest BCUT2D eigenvalue weighted by Crippen LogP contribution is 2.26. The van der Waals surface area contributed by atoms with Crippen molar-refractivity contribution in [3.8, 4) is 0 Å². The average molecular weight is 440 g/mol. The largest absolute Gasteiger partial charge is 0.380 e. The van der Waals surface area contributed by atoms with Crippen molar-refractivity contribution in [2.75, 3.05) is 46.4 Å². The van der Waals surface area contributed by atoms with Crippen molar-refractivity contribution in [1.82, 2.24) is 15.5 Å². The van der Waals surface area contributed by atoms with Crippen molar-refractivity contribution < 1.29 is 4.74 Å². The molecule has 0 aliphatic carbocycles. The molecule has 1 saturated heterocycles. The minimum Gasteiger partial charge on any atom is -0.380 e. The third-order valence-corrected chi connectivity index (χ3v) is 4.38. The van der Waals surface area contributed by atoms with Crippen LogP contribution in [-0.2, 0) is 4.74 Å². The van der Waals surface area contributed by atoms with E-state index in [1.165, 1.54) is 19.5 Å². The quantitative estimate of drug-likeness (QED) is 0.277. The van der Waals surface area contributed by atoms with Crippen LogP contribution in [0.5, 0.6) is 0 Å². The predicted octanol–water partition coefficient (Wildman–Crippen LogP) is 2.56. The van der Waals surface area contributed by atoms with Crippen molar-refractivity contribution in [1.29, 1.82) is 0 Å². The third-order valence-electron chi connectivity index (χ3n) is 4.38. The number of aliphatic imine (C=N–C) groups is 1. The Morgan fingerprint density at radius 1 is 1.22 bits per heavy atom. The van der Waals surface area contributed by atoms with E-state index in [-0.39, 0.29) is 29.5 Å². The minimum atomic E-state index is 0. The highest BCUT2D eigenvalue weighted by molar-refractivity contribution is 14.0. The maximum Gasteiger partial charge on any atom is 0.191 e. The molecule has 1 heterocycles. The second-order valence-corrected chi connectivity index (χ2v) is 7.21. The van der Waals surface area contributed by atoms with E-state index in [0.29, 0.717) is 6.61 Å². The molecule has 1 fully saturated rings. The van der Waals surface area contributed by atoms with Crippen LogP contribution in [0.4, 0.5) is 0 Å². The van der Waals surface area contributed by atoms with Crippen LogP contribution in [0.15, 0.2) is 4.99 Å². The van der Waals surface area contributed by atoms with E-state index in [1.54, 1.807) is 0 Å². The standard InChI is InChI=1S/C17H36N4O.HI/c1-7-22-9-8-19-16(18-6)20-13-17(4,5)21-11-14(2)10-15(3)12-21;/h14-15H,7-13H2,1-6H3,(H2,18,19,20);1H. The van der Waals surface area contributed by atoms with E-state index in [9.17, 15) is 0 Å². The van der Waals surface area contributed by atoms with Gasteiger partial charge in [0, 0.05) is 45.4 Å². The van der Waals surface area contributed by atoms with Crippen LogP contribution in [0.1, 0.15) is 41.0 Å². The summed E-state index contributed by atoms with van der Waals surface area (Å²) >= 11 is 0. The Morgan fingerprint density at radius 2 is 1.83 bits per heavy atom. The second-order valence-electron chi connectivity index (χ2n) is 7.21. The lowest BCUT2D eigenvalue weighted by atomic mass is 9.88. The van der Waals surface area contributed by atoms with E-state index in [4.69, 9.17) is 4.74 Å². The molecule has 0 aromatic carbocycles. The van der Waals surface area contributed by atoms with Gasteiger partial charge in [-0.3, -0.25) is 9.89 Å². The summed E-state index contributed by atoms with van der Waals surface area (Å²) in [6.45, 7) is 16.9. The van der Waals surface area contributed by atoms with Gasteiger partial charge in [-0.15, -0.1) is 24.0 Å². The van der Waals surface area contributed by atoms with E-state index in [2.05, 4.69) is 48.2 Å². The van der Waals surface area contributed by atoms with Crippen LogP contribution in [0.3, 0.4) is 0 Å². The monoisotopic (exact) mass is 440 g/mol. The molecule has 0 aromatic heterocycles. The first-order valence-electron chi connectivity index (χ1n) is 8.66. The smallest absolute Gasteiger partial charge is 0.191 e. The Bertz CT molecular complexity index is 339. The number of ether oxygens (including phenoxy) is 1. The number of nitrogens with one attached hydrogen (secondary N) is 2. The highest BCUT2D eigenvalue weighted by atomic mass is 127. The zero-order chi connectivity index (χ0) is 16.6. The third kappa shape index (κ3) is 8.54. The maximum absolute atomic E-state index is 5.34. The predicted molar refractivity (Wildman–Crippen MR) is 110 cm³/mol. The van der Waals surface area contributed by atoms with Gasteiger partial charge in [0.25, 0.3) is 0 Å². The number of piperidine rings is 1. The van der Waals surface area contributed by atoms with Gasteiger partial charge in [-0.1, -0.05) is 13.8 Å². The summed E-state index contributed by atoms with van der Waals surface area (Å²) in [6, 6.07) is 0. The molecule has 23 heavy (non-hydrogen) atoms. The molecule has 1 rings (SSSR count). The second kappa shape index (κ2) is 11.5. The maximum atomic E-state index is 5.34. The molecule has 1 aliphatic heterocycles. The number of hydrogen-bond donors (Lipinski definition) is 2. The number of guanidine groups is 1. The summed E-state index contributed by atoms with van der Waals surface area (Å²) in [7, 11) is 1.81. The lowest BCUT2D eigenvalue weighted by molar-refractivity contribution is 0.0483. The number of likely N-dealkylation sites (tertiary alicyclic amines) is 1. The number of hydrogen-bond acceptors (Lipinski definition) is 3. The molecular formula is C17H37IN4O. The molecule has 0 spiro atoms. The molecular weight excluding hydrogens is 403 g/mol. The molecule has 2 atom stereocenters. The van der Waals surface area contributed by atoms with Crippen LogP contribution in [0.25, 0.3) is 0 Å². The van der Waals surface area contributed by atoms with Crippen LogP contribution < -0.4 is 10.6 Å². The Balaban J connectivity index is 0.00000484. The van der Waals surface area contributed by atoms with Crippen molar-refractivity contribution in [2.45, 2.75) is 46.6 Å². The molecule has 0 aromatic rings. The van der Waals surface area contributed by atoms with Crippen LogP contribution in [-0.4, -0.2) is 62.8 Å². The van der Waals surface area contributed by atoms with Gasteiger partial charge in [0.1, 0.15) is 0 Å². The van der Waals surface area contributed by atoms with Crippen LogP contribution in [0, 0.1) is 11.8 Å². The first-order chi connectivity index (χ1) is 10.4. The molecule has 138 valence electrons. The topological polar surface area (TPSA) is 48.9 Å². The normalized spacial score (nSPS) is 23.3. The highest BCUT2D eigenvalue weighted by Gasteiger charge is 2.32. The van der Waals surface area contributed by atoms with Gasteiger partial charge in [-0.05, 0) is 39.0 Å². The fourth-order valence-electron chi connectivity index (χ4n) is 3.18. The Kier molecular flexibility index (Phi) is 11.4. The van der Waals surface area contributed by atoms with Gasteiger partial charge in [-0.25, -0.2) is 0 Å². The van der Waals surface area contributed by atoms with Crippen molar-refractivity contribution in [2.24, 2.45) is 16.8 Å². The molecule has 0 radical (unpaired) electrons. The minimum absolute atomic E-state index is 0. The van der Waals surface area contributed by atoms with Gasteiger partial charge in [0.2, 0.25) is 0 Å². The zero-order valence-electron chi connectivity index (χ0n) is 15.8. The lowest BCUT2D eigenvalue weighted by Gasteiger charge is -2.45. The molecule has 2 unspecified atom stereocenters. The summed E-state index contributed by atoms with van der Waals surface area (Å²) in [5.74, 6) is 2.42. The van der Waals surface area contributed by atoms with Gasteiger partial charge >= 0.3 is 0 Å². The fraction of sp³-hybridized carbons (Fsp3) is 0.941. The van der Waals surface area contributed by atoms with Gasteiger partial charge < -0.3 is 15.4 Å². The number of rotatable bonds is 7. The van der Waals surface area contributed by atoms with E-state index in [1.807, 2.05) is 14.0 Å². The van der Waals surface area contributed by atoms with Gasteiger partial charge in [-0.2, -0.15) is 0 Å². The van der Waals surface area contributed by atoms with E-state index < -0.39 is 0 Å². The summed E-state index contributed by atoms with van der Waals surface area (Å²) in [6.07, 6.45) is 1.35. The summed E-state index contributed by atoms with van der Waals surface area (Å²) < 4.78 is 5.34. The fourth-order valence-corrected chi connectivity index (χ4v) is 3.18. The lowest BCUT2D eigenvalue weighted by Crippen LogP contribution is -2.57. The van der Waals surface area contributed by atoms with Crippen molar-refractivity contribution >= 4 is 29.9 Å². The Hall–Kier alpha value is -0.0800. The summed E-state index contributed by atoms with van der Waals surface area (Å²) in [4.78, 5) is 6.90. The Labute approximate surface area is 160 Å². The number of halogens is 1. The molecule has 6 heteroatoms. The Morgan fingerprint density at radius 3 is 2.35 bits per heavy atom. The molecule has 1 aliphatic rings. The van der Waals surface area contributed by atoms with E-state index >= 15 is 0 Å². The molecule has 0 bridgehead atoms. The van der Waals surface area contributed by atoms with Gasteiger partial charge in [0.15, 0.2) is 5.96 Å². The summed E-state index contributed by atoms with van der Waals surface area (Å²) in [5, 5.41) is 6.75. The van der Waals surface area contributed by atoms with Crippen molar-refractivity contribution in [3.05, 3.63) is 0 Å². The van der Waals surface area contributed by atoms with Gasteiger partial charge in [0.05, 0.1) is 6.61 Å². The first kappa shape index (κ1) is 22.9. The molecule has 5 nitrogen and oxygen atoms in total. The van der Waals surface area contributed by atoms with Crippen LogP contribution >= 0.6 is 24.0 Å². The van der Waals surface area contributed by atoms with Crippen LogP contribution in [0.2, 0.25) is 0 Å². The van der Waals surface area contributed by atoms with E-state index in [0.717, 1.165) is 37.5 Å². The SMILES string of the molecule is CCOCCNC(=NC)NCC(C)(C)N1CC(C)CC(C)C1.I. The summed E-state index contributed by atoms with van der Waals surface area (Å²) in [5.41, 5.74) is 0.125. The average Bonchev–Trinajstić information content (AvgIpc) is 2.45. The molecule has 2 N–H and O–H groups in total. The zero-order valence-corrected chi connectivity index (χ0v) is 18.1.